The van der Waals surface area contributed by atoms with Crippen LogP contribution in [0.5, 0.6) is 11.5 Å². The van der Waals surface area contributed by atoms with Gasteiger partial charge in [0.1, 0.15) is 0 Å². The molecule has 2 aliphatic rings. The van der Waals surface area contributed by atoms with Crippen molar-refractivity contribution in [3.8, 4) is 11.5 Å². The number of amides is 1. The van der Waals surface area contributed by atoms with E-state index in [1.165, 1.54) is 12.0 Å². The van der Waals surface area contributed by atoms with Crippen LogP contribution in [-0.4, -0.2) is 54.5 Å². The van der Waals surface area contributed by atoms with E-state index in [1.807, 2.05) is 0 Å². The van der Waals surface area contributed by atoms with Crippen LogP contribution >= 0.6 is 0 Å². The lowest BCUT2D eigenvalue weighted by atomic mass is 10.0. The van der Waals surface area contributed by atoms with Crippen molar-refractivity contribution in [3.63, 3.8) is 0 Å². The van der Waals surface area contributed by atoms with E-state index in [-0.39, 0.29) is 37.7 Å². The summed E-state index contributed by atoms with van der Waals surface area (Å²) in [6, 6.07) is 4.50. The standard InChI is InChI=1S/C16H19NO6/c1-21-16(20)17-11(3-4-12(17)8-18)7-13(19)10-2-5-14-15(6-10)23-9-22-14/h2,5-6,11-12,18H,3-4,7-9H2,1H3/t11-,12+/m1/s1. The molecule has 1 fully saturated rings. The molecule has 3 rings (SSSR count). The molecule has 1 N–H and O–H groups in total. The first kappa shape index (κ1) is 15.6. The number of carbonyl (C=O) groups is 2. The van der Waals surface area contributed by atoms with Crippen LogP contribution in [0.1, 0.15) is 29.6 Å². The number of hydrogen-bond acceptors (Lipinski definition) is 6. The average molecular weight is 321 g/mol. The van der Waals surface area contributed by atoms with Gasteiger partial charge in [0, 0.05) is 18.0 Å². The summed E-state index contributed by atoms with van der Waals surface area (Å²) in [5.41, 5.74) is 0.520. The molecule has 1 amide bonds. The molecule has 7 heteroatoms. The smallest absolute Gasteiger partial charge is 0.410 e. The van der Waals surface area contributed by atoms with Crippen molar-refractivity contribution in [3.05, 3.63) is 23.8 Å². The summed E-state index contributed by atoms with van der Waals surface area (Å²) in [6.45, 7) is 0.0215. The number of benzene rings is 1. The summed E-state index contributed by atoms with van der Waals surface area (Å²) < 4.78 is 15.3. The molecule has 124 valence electrons. The maximum absolute atomic E-state index is 12.5. The number of rotatable bonds is 4. The Balaban J connectivity index is 1.73. The third-order valence-corrected chi connectivity index (χ3v) is 4.33. The molecule has 0 spiro atoms. The second-order valence-corrected chi connectivity index (χ2v) is 5.64. The van der Waals surface area contributed by atoms with E-state index in [0.29, 0.717) is 29.9 Å². The van der Waals surface area contributed by atoms with Gasteiger partial charge in [-0.1, -0.05) is 0 Å². The zero-order chi connectivity index (χ0) is 16.4. The quantitative estimate of drug-likeness (QED) is 0.848. The molecule has 7 nitrogen and oxygen atoms in total. The molecule has 2 atom stereocenters. The van der Waals surface area contributed by atoms with E-state index in [4.69, 9.17) is 14.2 Å². The van der Waals surface area contributed by atoms with Gasteiger partial charge in [0.2, 0.25) is 6.79 Å². The van der Waals surface area contributed by atoms with Crippen molar-refractivity contribution >= 4 is 11.9 Å². The highest BCUT2D eigenvalue weighted by Crippen LogP contribution is 2.34. The number of methoxy groups -OCH3 is 1. The highest BCUT2D eigenvalue weighted by Gasteiger charge is 2.38. The lowest BCUT2D eigenvalue weighted by Gasteiger charge is -2.27. The van der Waals surface area contributed by atoms with E-state index in [0.717, 1.165) is 0 Å². The van der Waals surface area contributed by atoms with Gasteiger partial charge in [0.25, 0.3) is 0 Å². The fourth-order valence-corrected chi connectivity index (χ4v) is 3.15. The normalized spacial score (nSPS) is 22.3. The van der Waals surface area contributed by atoms with Crippen LogP contribution in [0.25, 0.3) is 0 Å². The molecule has 0 radical (unpaired) electrons. The molecule has 0 aromatic heterocycles. The van der Waals surface area contributed by atoms with Crippen LogP contribution in [0, 0.1) is 0 Å². The highest BCUT2D eigenvalue weighted by molar-refractivity contribution is 5.97. The minimum atomic E-state index is -0.509. The van der Waals surface area contributed by atoms with Crippen LogP contribution in [-0.2, 0) is 4.74 Å². The second-order valence-electron chi connectivity index (χ2n) is 5.64. The van der Waals surface area contributed by atoms with Gasteiger partial charge in [-0.25, -0.2) is 4.79 Å². The summed E-state index contributed by atoms with van der Waals surface area (Å²) in [7, 11) is 1.30. The zero-order valence-electron chi connectivity index (χ0n) is 12.9. The van der Waals surface area contributed by atoms with Gasteiger partial charge in [-0.3, -0.25) is 9.69 Å². The number of fused-ring (bicyclic) bond motifs is 1. The number of hydrogen-bond donors (Lipinski definition) is 1. The number of Topliss-reactive ketones (excluding diaryl/α,β-unsaturated/α-hetero) is 1. The first-order chi connectivity index (χ1) is 11.1. The average Bonchev–Trinajstić information content (AvgIpc) is 3.19. The van der Waals surface area contributed by atoms with Crippen LogP contribution in [0.2, 0.25) is 0 Å². The van der Waals surface area contributed by atoms with E-state index < -0.39 is 6.09 Å². The number of carbonyl (C=O) groups excluding carboxylic acids is 2. The predicted molar refractivity (Wildman–Crippen MR) is 79.7 cm³/mol. The SMILES string of the molecule is COC(=O)N1[C@H](CO)CC[C@@H]1CC(=O)c1ccc2c(c1)OCO2. The molecular formula is C16H19NO6. The Morgan fingerprint density at radius 1 is 1.26 bits per heavy atom. The van der Waals surface area contributed by atoms with Gasteiger partial charge in [-0.2, -0.15) is 0 Å². The number of ether oxygens (including phenoxy) is 3. The summed E-state index contributed by atoms with van der Waals surface area (Å²) in [5.74, 6) is 1.10. The molecule has 1 saturated heterocycles. The molecule has 1 aromatic rings. The maximum atomic E-state index is 12.5. The fourth-order valence-electron chi connectivity index (χ4n) is 3.15. The lowest BCUT2D eigenvalue weighted by molar-refractivity contribution is 0.0768. The van der Waals surface area contributed by atoms with E-state index in [9.17, 15) is 14.7 Å². The Morgan fingerprint density at radius 3 is 2.74 bits per heavy atom. The number of ketones is 1. The van der Waals surface area contributed by atoms with Crippen molar-refractivity contribution in [2.75, 3.05) is 20.5 Å². The largest absolute Gasteiger partial charge is 0.454 e. The lowest BCUT2D eigenvalue weighted by Crippen LogP contribution is -2.43. The fraction of sp³-hybridized carbons (Fsp3) is 0.500. The van der Waals surface area contributed by atoms with Gasteiger partial charge in [-0.05, 0) is 31.0 Å². The van der Waals surface area contributed by atoms with Crippen molar-refractivity contribution in [1.82, 2.24) is 4.90 Å². The van der Waals surface area contributed by atoms with Crippen LogP contribution in [0.4, 0.5) is 4.79 Å². The zero-order valence-corrected chi connectivity index (χ0v) is 12.9. The second kappa shape index (κ2) is 6.45. The Hall–Kier alpha value is -2.28. The third kappa shape index (κ3) is 2.96. The number of nitrogens with zero attached hydrogens (tertiary/aromatic N) is 1. The molecular weight excluding hydrogens is 302 g/mol. The monoisotopic (exact) mass is 321 g/mol. The van der Waals surface area contributed by atoms with Crippen LogP contribution in [0.3, 0.4) is 0 Å². The molecule has 0 bridgehead atoms. The Morgan fingerprint density at radius 2 is 2.00 bits per heavy atom. The molecule has 1 aromatic carbocycles. The van der Waals surface area contributed by atoms with Gasteiger partial charge in [0.05, 0.1) is 19.8 Å². The highest BCUT2D eigenvalue weighted by atomic mass is 16.7. The molecule has 2 aliphatic heterocycles. The molecule has 0 saturated carbocycles. The number of aliphatic hydroxyl groups is 1. The number of aliphatic hydroxyl groups excluding tert-OH is 1. The van der Waals surface area contributed by atoms with Crippen molar-refractivity contribution in [2.45, 2.75) is 31.3 Å². The van der Waals surface area contributed by atoms with E-state index in [1.54, 1.807) is 18.2 Å². The van der Waals surface area contributed by atoms with Gasteiger partial charge in [0.15, 0.2) is 17.3 Å². The summed E-state index contributed by atoms with van der Waals surface area (Å²) in [5, 5.41) is 9.39. The third-order valence-electron chi connectivity index (χ3n) is 4.33. The van der Waals surface area contributed by atoms with E-state index in [2.05, 4.69) is 0 Å². The van der Waals surface area contributed by atoms with Crippen molar-refractivity contribution in [2.24, 2.45) is 0 Å². The van der Waals surface area contributed by atoms with Crippen molar-refractivity contribution in [1.29, 1.82) is 0 Å². The first-order valence-corrected chi connectivity index (χ1v) is 7.54. The van der Waals surface area contributed by atoms with Crippen LogP contribution < -0.4 is 9.47 Å². The minimum Gasteiger partial charge on any atom is -0.454 e. The number of likely N-dealkylation sites (tertiary alicyclic amines) is 1. The molecule has 0 aliphatic carbocycles. The minimum absolute atomic E-state index is 0.0826. The molecule has 23 heavy (non-hydrogen) atoms. The maximum Gasteiger partial charge on any atom is 0.410 e. The van der Waals surface area contributed by atoms with Gasteiger partial charge in [-0.15, -0.1) is 0 Å². The van der Waals surface area contributed by atoms with Crippen molar-refractivity contribution < 1.29 is 28.9 Å². The first-order valence-electron chi connectivity index (χ1n) is 7.54. The molecule has 0 unspecified atom stereocenters. The van der Waals surface area contributed by atoms with Crippen LogP contribution in [0.15, 0.2) is 18.2 Å². The Bertz CT molecular complexity index is 617. The van der Waals surface area contributed by atoms with Gasteiger partial charge < -0.3 is 19.3 Å². The Labute approximate surface area is 133 Å². The topological polar surface area (TPSA) is 85.3 Å². The summed E-state index contributed by atoms with van der Waals surface area (Å²) in [6.07, 6.45) is 0.997. The Kier molecular flexibility index (Phi) is 4.38. The van der Waals surface area contributed by atoms with Gasteiger partial charge >= 0.3 is 6.09 Å². The van der Waals surface area contributed by atoms with E-state index >= 15 is 0 Å². The predicted octanol–water partition coefficient (Wildman–Crippen LogP) is 1.58. The molecule has 2 heterocycles. The summed E-state index contributed by atoms with van der Waals surface area (Å²) >= 11 is 0. The summed E-state index contributed by atoms with van der Waals surface area (Å²) in [4.78, 5) is 25.9.